The third-order valence-electron chi connectivity index (χ3n) is 4.73. The summed E-state index contributed by atoms with van der Waals surface area (Å²) in [5.74, 6) is 0.748. The van der Waals surface area contributed by atoms with Gasteiger partial charge in [-0.05, 0) is 32.4 Å². The number of imidazole rings is 1. The van der Waals surface area contributed by atoms with Crippen molar-refractivity contribution < 1.29 is 9.53 Å². The summed E-state index contributed by atoms with van der Waals surface area (Å²) in [6, 6.07) is 11.3. The molecule has 0 fully saturated rings. The number of aromatic nitrogens is 5. The number of fused-ring (bicyclic) bond motifs is 1. The van der Waals surface area contributed by atoms with E-state index in [1.807, 2.05) is 55.5 Å². The monoisotopic (exact) mass is 446 g/mol. The molecular weight excluding hydrogens is 420 g/mol. The number of nitrogens with one attached hydrogen (secondary N) is 2. The second kappa shape index (κ2) is 9.11. The zero-order chi connectivity index (χ0) is 23.4. The molecule has 0 bridgehead atoms. The van der Waals surface area contributed by atoms with Gasteiger partial charge in [-0.2, -0.15) is 0 Å². The number of benzene rings is 1. The number of hydrogen-bond acceptors (Lipinski definition) is 8. The molecule has 10 nitrogen and oxygen atoms in total. The molecule has 3 heterocycles. The van der Waals surface area contributed by atoms with Crippen molar-refractivity contribution in [3.8, 4) is 11.4 Å². The van der Waals surface area contributed by atoms with Gasteiger partial charge in [0.1, 0.15) is 5.60 Å². The van der Waals surface area contributed by atoms with Crippen LogP contribution in [0, 0.1) is 0 Å². The lowest BCUT2D eigenvalue weighted by atomic mass is 10.1. The van der Waals surface area contributed by atoms with Crippen LogP contribution in [0.5, 0.6) is 0 Å². The van der Waals surface area contributed by atoms with Crippen LogP contribution in [0.2, 0.25) is 0 Å². The molecule has 1 aromatic carbocycles. The highest BCUT2D eigenvalue weighted by Crippen LogP contribution is 2.23. The van der Waals surface area contributed by atoms with Gasteiger partial charge in [0.2, 0.25) is 5.95 Å². The van der Waals surface area contributed by atoms with E-state index in [1.54, 1.807) is 30.9 Å². The Kier molecular flexibility index (Phi) is 6.07. The lowest BCUT2D eigenvalue weighted by Gasteiger charge is -2.23. The van der Waals surface area contributed by atoms with Crippen LogP contribution >= 0.6 is 0 Å². The molecule has 170 valence electrons. The van der Waals surface area contributed by atoms with Crippen LogP contribution in [0.1, 0.15) is 32.4 Å². The molecular formula is C23H26N8O2. The van der Waals surface area contributed by atoms with Crippen molar-refractivity contribution >= 4 is 23.5 Å². The summed E-state index contributed by atoms with van der Waals surface area (Å²) in [6.45, 7) is 5.75. The first-order chi connectivity index (χ1) is 15.8. The van der Waals surface area contributed by atoms with Crippen molar-refractivity contribution in [3.63, 3.8) is 0 Å². The maximum atomic E-state index is 12.2. The van der Waals surface area contributed by atoms with Crippen LogP contribution in [0.15, 0.2) is 61.2 Å². The zero-order valence-electron chi connectivity index (χ0n) is 18.7. The first-order valence-electron chi connectivity index (χ1n) is 10.5. The van der Waals surface area contributed by atoms with E-state index >= 15 is 0 Å². The highest BCUT2D eigenvalue weighted by atomic mass is 16.6. The van der Waals surface area contributed by atoms with Gasteiger partial charge in [0.25, 0.3) is 0 Å². The highest BCUT2D eigenvalue weighted by molar-refractivity contribution is 5.68. The molecule has 0 aliphatic rings. The number of nitrogen functional groups attached to an aromatic ring is 1. The number of amides is 1. The van der Waals surface area contributed by atoms with Crippen molar-refractivity contribution in [2.24, 2.45) is 0 Å². The van der Waals surface area contributed by atoms with E-state index in [9.17, 15) is 4.79 Å². The van der Waals surface area contributed by atoms with E-state index in [1.165, 1.54) is 0 Å². The maximum absolute atomic E-state index is 12.2. The molecule has 4 N–H and O–H groups in total. The third kappa shape index (κ3) is 5.35. The molecule has 4 rings (SSSR count). The summed E-state index contributed by atoms with van der Waals surface area (Å²) < 4.78 is 7.19. The first kappa shape index (κ1) is 22.0. The van der Waals surface area contributed by atoms with Crippen LogP contribution < -0.4 is 16.4 Å². The van der Waals surface area contributed by atoms with Crippen LogP contribution in [0.3, 0.4) is 0 Å². The smallest absolute Gasteiger partial charge is 0.407 e. The van der Waals surface area contributed by atoms with Gasteiger partial charge in [0.05, 0.1) is 23.6 Å². The number of carbonyl (C=O) groups excluding carboxylic acids is 1. The minimum atomic E-state index is -0.579. The Morgan fingerprint density at radius 3 is 2.67 bits per heavy atom. The van der Waals surface area contributed by atoms with E-state index in [-0.39, 0.29) is 12.6 Å². The molecule has 0 spiro atoms. The quantitative estimate of drug-likeness (QED) is 0.410. The Balaban J connectivity index is 1.57. The summed E-state index contributed by atoms with van der Waals surface area (Å²) in [7, 11) is 0. The number of rotatable bonds is 6. The number of hydrogen-bond donors (Lipinski definition) is 3. The molecule has 0 aliphatic heterocycles. The molecule has 3 aromatic heterocycles. The fraction of sp³-hybridized carbons (Fsp3) is 0.261. The summed E-state index contributed by atoms with van der Waals surface area (Å²) in [5, 5.41) is 6.13. The van der Waals surface area contributed by atoms with Crippen molar-refractivity contribution in [3.05, 3.63) is 66.7 Å². The van der Waals surface area contributed by atoms with E-state index in [0.717, 1.165) is 11.3 Å². The van der Waals surface area contributed by atoms with Gasteiger partial charge < -0.3 is 21.1 Å². The molecule has 33 heavy (non-hydrogen) atoms. The zero-order valence-corrected chi connectivity index (χ0v) is 18.7. The van der Waals surface area contributed by atoms with Gasteiger partial charge in [-0.15, -0.1) is 0 Å². The molecule has 0 saturated heterocycles. The topological polar surface area (TPSA) is 132 Å². The normalized spacial score (nSPS) is 12.3. The number of carbonyl (C=O) groups is 1. The largest absolute Gasteiger partial charge is 0.444 e. The molecule has 0 saturated carbocycles. The van der Waals surface area contributed by atoms with Crippen LogP contribution in [0.4, 0.5) is 16.6 Å². The van der Waals surface area contributed by atoms with E-state index in [0.29, 0.717) is 23.1 Å². The molecule has 0 aliphatic carbocycles. The molecule has 1 unspecified atom stereocenters. The molecule has 1 atom stereocenters. The Bertz CT molecular complexity index is 1250. The number of anilines is 2. The third-order valence-corrected chi connectivity index (χ3v) is 4.73. The molecule has 0 radical (unpaired) electrons. The van der Waals surface area contributed by atoms with Gasteiger partial charge >= 0.3 is 6.09 Å². The van der Waals surface area contributed by atoms with Crippen molar-refractivity contribution in [1.29, 1.82) is 0 Å². The van der Waals surface area contributed by atoms with Gasteiger partial charge in [-0.1, -0.05) is 30.3 Å². The average Bonchev–Trinajstić information content (AvgIpc) is 3.22. The Morgan fingerprint density at radius 1 is 1.12 bits per heavy atom. The second-order valence-electron chi connectivity index (χ2n) is 8.41. The highest BCUT2D eigenvalue weighted by Gasteiger charge is 2.19. The second-order valence-corrected chi connectivity index (χ2v) is 8.41. The van der Waals surface area contributed by atoms with Gasteiger partial charge in [0, 0.05) is 25.1 Å². The molecule has 4 aromatic rings. The maximum Gasteiger partial charge on any atom is 0.407 e. The Labute approximate surface area is 191 Å². The SMILES string of the molecule is CC(C)(C)OC(=O)NCC(Nc1nccc(-c2cnc3c(N)nccn23)n1)c1ccccc1. The minimum Gasteiger partial charge on any atom is -0.444 e. The fourth-order valence-electron chi connectivity index (χ4n) is 3.29. The number of ether oxygens (including phenoxy) is 1. The van der Waals surface area contributed by atoms with Gasteiger partial charge in [-0.3, -0.25) is 4.40 Å². The first-order valence-corrected chi connectivity index (χ1v) is 10.5. The van der Waals surface area contributed by atoms with Crippen molar-refractivity contribution in [2.45, 2.75) is 32.4 Å². The van der Waals surface area contributed by atoms with Crippen molar-refractivity contribution in [1.82, 2.24) is 29.7 Å². The molecule has 1 amide bonds. The Morgan fingerprint density at radius 2 is 1.91 bits per heavy atom. The predicted octanol–water partition coefficient (Wildman–Crippen LogP) is 3.45. The lowest BCUT2D eigenvalue weighted by Crippen LogP contribution is -2.36. The lowest BCUT2D eigenvalue weighted by molar-refractivity contribution is 0.0525. The van der Waals surface area contributed by atoms with Crippen LogP contribution in [-0.2, 0) is 4.74 Å². The summed E-state index contributed by atoms with van der Waals surface area (Å²) >= 11 is 0. The number of alkyl carbamates (subject to hydrolysis) is 1. The summed E-state index contributed by atoms with van der Waals surface area (Å²) in [6.07, 6.45) is 6.26. The number of nitrogens with zero attached hydrogens (tertiary/aromatic N) is 5. The summed E-state index contributed by atoms with van der Waals surface area (Å²) in [5.41, 5.74) is 8.29. The van der Waals surface area contributed by atoms with E-state index in [2.05, 4.69) is 30.6 Å². The number of nitrogens with two attached hydrogens (primary N) is 1. The van der Waals surface area contributed by atoms with Gasteiger partial charge in [-0.25, -0.2) is 24.7 Å². The van der Waals surface area contributed by atoms with Gasteiger partial charge in [0.15, 0.2) is 11.5 Å². The fourth-order valence-corrected chi connectivity index (χ4v) is 3.29. The summed E-state index contributed by atoms with van der Waals surface area (Å²) in [4.78, 5) is 29.6. The molecule has 10 heteroatoms. The minimum absolute atomic E-state index is 0.281. The van der Waals surface area contributed by atoms with E-state index < -0.39 is 11.7 Å². The van der Waals surface area contributed by atoms with Crippen molar-refractivity contribution in [2.75, 3.05) is 17.6 Å². The average molecular weight is 447 g/mol. The van der Waals surface area contributed by atoms with E-state index in [4.69, 9.17) is 10.5 Å². The standard InChI is InChI=1S/C23H26N8O2/c1-23(2,3)33-22(32)28-13-17(15-7-5-4-6-8-15)30-21-26-10-9-16(29-21)18-14-27-20-19(24)25-11-12-31(18)20/h4-12,14,17H,13H2,1-3H3,(H2,24,25)(H,28,32)(H,26,29,30). The Hall–Kier alpha value is -4.21. The van der Waals surface area contributed by atoms with Crippen LogP contribution in [-0.4, -0.2) is 42.6 Å². The predicted molar refractivity (Wildman–Crippen MR) is 125 cm³/mol. The van der Waals surface area contributed by atoms with Crippen LogP contribution in [0.25, 0.3) is 17.0 Å².